The van der Waals surface area contributed by atoms with Gasteiger partial charge >= 0.3 is 0 Å². The van der Waals surface area contributed by atoms with Crippen molar-refractivity contribution in [2.24, 2.45) is 0 Å². The van der Waals surface area contributed by atoms with Gasteiger partial charge in [-0.25, -0.2) is 4.98 Å². The summed E-state index contributed by atoms with van der Waals surface area (Å²) in [6.45, 7) is 6.39. The average molecular weight is 283 g/mol. The van der Waals surface area contributed by atoms with Gasteiger partial charge in [0.1, 0.15) is 5.82 Å². The molecule has 1 saturated heterocycles. The second-order valence-electron chi connectivity index (χ2n) is 5.31. The summed E-state index contributed by atoms with van der Waals surface area (Å²) in [5.41, 5.74) is 6.65. The first kappa shape index (κ1) is 14.6. The van der Waals surface area contributed by atoms with Crippen LogP contribution in [0.2, 0.25) is 5.02 Å². The molecule has 1 aliphatic rings. The molecule has 5 heteroatoms. The third-order valence-corrected chi connectivity index (χ3v) is 4.13. The second kappa shape index (κ2) is 6.55. The molecule has 1 aromatic heterocycles. The fraction of sp³-hybridized carbons (Fsp3) is 0.643. The summed E-state index contributed by atoms with van der Waals surface area (Å²) < 4.78 is 0. The number of pyridine rings is 1. The molecule has 0 amide bonds. The summed E-state index contributed by atoms with van der Waals surface area (Å²) >= 11 is 6.22. The molecule has 1 fully saturated rings. The Hall–Kier alpha value is -0.840. The maximum Gasteiger partial charge on any atom is 0.123 e. The Morgan fingerprint density at radius 2 is 2.21 bits per heavy atom. The van der Waals surface area contributed by atoms with Crippen molar-refractivity contribution in [3.05, 3.63) is 22.8 Å². The predicted molar refractivity (Wildman–Crippen MR) is 80.3 cm³/mol. The van der Waals surface area contributed by atoms with Gasteiger partial charge in [0.15, 0.2) is 0 Å². The minimum atomic E-state index is 0.541. The molecule has 2 heterocycles. The van der Waals surface area contributed by atoms with Crippen LogP contribution in [0.15, 0.2) is 12.1 Å². The molecular formula is C14H23ClN4. The molecular weight excluding hydrogens is 260 g/mol. The second-order valence-corrected chi connectivity index (χ2v) is 5.72. The van der Waals surface area contributed by atoms with Crippen molar-refractivity contribution < 1.29 is 0 Å². The van der Waals surface area contributed by atoms with E-state index in [1.54, 1.807) is 6.07 Å². The fourth-order valence-corrected chi connectivity index (χ4v) is 2.86. The van der Waals surface area contributed by atoms with Crippen LogP contribution in [0.1, 0.15) is 25.5 Å². The van der Waals surface area contributed by atoms with E-state index in [1.807, 2.05) is 6.07 Å². The van der Waals surface area contributed by atoms with Crippen LogP contribution >= 0.6 is 11.6 Å². The molecule has 0 bridgehead atoms. The average Bonchev–Trinajstić information content (AvgIpc) is 2.55. The highest BCUT2D eigenvalue weighted by Crippen LogP contribution is 2.20. The predicted octanol–water partition coefficient (Wildman–Crippen LogP) is 2.23. The maximum absolute atomic E-state index is 6.22. The van der Waals surface area contributed by atoms with E-state index >= 15 is 0 Å². The van der Waals surface area contributed by atoms with Gasteiger partial charge in [0.05, 0.1) is 10.7 Å². The van der Waals surface area contributed by atoms with E-state index in [0.29, 0.717) is 16.9 Å². The third kappa shape index (κ3) is 3.81. The lowest BCUT2D eigenvalue weighted by molar-refractivity contribution is 0.174. The molecule has 0 spiro atoms. The minimum absolute atomic E-state index is 0.541. The quantitative estimate of drug-likeness (QED) is 0.923. The van der Waals surface area contributed by atoms with Crippen molar-refractivity contribution in [1.82, 2.24) is 14.8 Å². The standard InChI is InChI=1S/C14H23ClN4/c1-3-11-9-18(2)7-4-8-19(11)10-13-12(15)5-6-14(16)17-13/h5-6,11H,3-4,7-10H2,1-2H3,(H2,16,17). The topological polar surface area (TPSA) is 45.4 Å². The number of anilines is 1. The van der Waals surface area contributed by atoms with Crippen LogP contribution in [0.3, 0.4) is 0 Å². The number of nitrogens with zero attached hydrogens (tertiary/aromatic N) is 3. The Morgan fingerprint density at radius 1 is 1.42 bits per heavy atom. The number of rotatable bonds is 3. The Labute approximate surface area is 120 Å². The van der Waals surface area contributed by atoms with Crippen molar-refractivity contribution in [1.29, 1.82) is 0 Å². The molecule has 106 valence electrons. The molecule has 0 radical (unpaired) electrons. The lowest BCUT2D eigenvalue weighted by atomic mass is 10.1. The highest BCUT2D eigenvalue weighted by atomic mass is 35.5. The SMILES string of the molecule is CCC1CN(C)CCCN1Cc1nc(N)ccc1Cl. The van der Waals surface area contributed by atoms with E-state index < -0.39 is 0 Å². The summed E-state index contributed by atoms with van der Waals surface area (Å²) in [4.78, 5) is 9.26. The van der Waals surface area contributed by atoms with Gasteiger partial charge in [0.25, 0.3) is 0 Å². The number of halogens is 1. The van der Waals surface area contributed by atoms with Gasteiger partial charge in [-0.15, -0.1) is 0 Å². The van der Waals surface area contributed by atoms with Gasteiger partial charge in [0, 0.05) is 25.7 Å². The summed E-state index contributed by atoms with van der Waals surface area (Å²) in [5, 5.41) is 0.710. The van der Waals surface area contributed by atoms with E-state index in [2.05, 4.69) is 28.8 Å². The summed E-state index contributed by atoms with van der Waals surface area (Å²) in [7, 11) is 2.19. The summed E-state index contributed by atoms with van der Waals surface area (Å²) in [6.07, 6.45) is 2.33. The number of nitrogen functional groups attached to an aromatic ring is 1. The Kier molecular flexibility index (Phi) is 5.02. The first-order chi connectivity index (χ1) is 9.10. The van der Waals surface area contributed by atoms with Gasteiger partial charge < -0.3 is 10.6 Å². The first-order valence-electron chi connectivity index (χ1n) is 6.93. The van der Waals surface area contributed by atoms with Crippen molar-refractivity contribution >= 4 is 17.4 Å². The minimum Gasteiger partial charge on any atom is -0.384 e. The molecule has 0 aromatic carbocycles. The Balaban J connectivity index is 2.13. The van der Waals surface area contributed by atoms with Crippen LogP contribution in [0, 0.1) is 0 Å². The van der Waals surface area contributed by atoms with E-state index in [-0.39, 0.29) is 0 Å². The van der Waals surface area contributed by atoms with Crippen LogP contribution in [0.4, 0.5) is 5.82 Å². The zero-order valence-corrected chi connectivity index (χ0v) is 12.5. The zero-order valence-electron chi connectivity index (χ0n) is 11.8. The monoisotopic (exact) mass is 282 g/mol. The Bertz CT molecular complexity index is 424. The van der Waals surface area contributed by atoms with Gasteiger partial charge in [-0.3, -0.25) is 4.90 Å². The molecule has 2 rings (SSSR count). The van der Waals surface area contributed by atoms with Gasteiger partial charge in [-0.1, -0.05) is 18.5 Å². The molecule has 1 aromatic rings. The van der Waals surface area contributed by atoms with E-state index in [0.717, 1.165) is 38.3 Å². The van der Waals surface area contributed by atoms with Gasteiger partial charge in [-0.2, -0.15) is 0 Å². The summed E-state index contributed by atoms with van der Waals surface area (Å²) in [6, 6.07) is 4.15. The van der Waals surface area contributed by atoms with E-state index in [1.165, 1.54) is 6.42 Å². The number of hydrogen-bond acceptors (Lipinski definition) is 4. The normalized spacial score (nSPS) is 22.4. The molecule has 19 heavy (non-hydrogen) atoms. The molecule has 2 N–H and O–H groups in total. The molecule has 0 aliphatic carbocycles. The lowest BCUT2D eigenvalue weighted by Gasteiger charge is -2.30. The summed E-state index contributed by atoms with van der Waals surface area (Å²) in [5.74, 6) is 0.541. The first-order valence-corrected chi connectivity index (χ1v) is 7.31. The molecule has 1 aliphatic heterocycles. The van der Waals surface area contributed by atoms with Crippen LogP contribution < -0.4 is 5.73 Å². The Morgan fingerprint density at radius 3 is 2.95 bits per heavy atom. The molecule has 0 saturated carbocycles. The zero-order chi connectivity index (χ0) is 13.8. The molecule has 1 unspecified atom stereocenters. The van der Waals surface area contributed by atoms with E-state index in [9.17, 15) is 0 Å². The molecule has 4 nitrogen and oxygen atoms in total. The maximum atomic E-state index is 6.22. The number of likely N-dealkylation sites (N-methyl/N-ethyl adjacent to an activating group) is 1. The van der Waals surface area contributed by atoms with E-state index in [4.69, 9.17) is 17.3 Å². The van der Waals surface area contributed by atoms with Crippen LogP contribution in [-0.4, -0.2) is 47.5 Å². The number of nitrogens with two attached hydrogens (primary N) is 1. The number of hydrogen-bond donors (Lipinski definition) is 1. The highest BCUT2D eigenvalue weighted by molar-refractivity contribution is 6.31. The lowest BCUT2D eigenvalue weighted by Crippen LogP contribution is -2.39. The van der Waals surface area contributed by atoms with Crippen LogP contribution in [0.5, 0.6) is 0 Å². The van der Waals surface area contributed by atoms with Crippen molar-refractivity contribution in [2.45, 2.75) is 32.4 Å². The third-order valence-electron chi connectivity index (χ3n) is 3.79. The van der Waals surface area contributed by atoms with Crippen molar-refractivity contribution in [2.75, 3.05) is 32.4 Å². The van der Waals surface area contributed by atoms with Crippen LogP contribution in [0.25, 0.3) is 0 Å². The van der Waals surface area contributed by atoms with Gasteiger partial charge in [-0.05, 0) is 38.6 Å². The van der Waals surface area contributed by atoms with Crippen LogP contribution in [-0.2, 0) is 6.54 Å². The number of aromatic nitrogens is 1. The fourth-order valence-electron chi connectivity index (χ4n) is 2.69. The smallest absolute Gasteiger partial charge is 0.123 e. The van der Waals surface area contributed by atoms with Crippen molar-refractivity contribution in [3.8, 4) is 0 Å². The highest BCUT2D eigenvalue weighted by Gasteiger charge is 2.23. The largest absolute Gasteiger partial charge is 0.384 e. The molecule has 1 atom stereocenters. The van der Waals surface area contributed by atoms with Gasteiger partial charge in [0.2, 0.25) is 0 Å². The van der Waals surface area contributed by atoms with Crippen molar-refractivity contribution in [3.63, 3.8) is 0 Å².